The predicted molar refractivity (Wildman–Crippen MR) is 89.8 cm³/mol. The number of halogens is 3. The molecule has 1 aromatic rings. The average Bonchev–Trinajstić information content (AvgIpc) is 2.55. The summed E-state index contributed by atoms with van der Waals surface area (Å²) >= 11 is 1.93. The van der Waals surface area contributed by atoms with Crippen LogP contribution >= 0.6 is 11.8 Å². The van der Waals surface area contributed by atoms with Crippen LogP contribution in [0.2, 0.25) is 0 Å². The van der Waals surface area contributed by atoms with E-state index in [-0.39, 0.29) is 0 Å². The van der Waals surface area contributed by atoms with E-state index < -0.39 is 11.7 Å². The van der Waals surface area contributed by atoms with Gasteiger partial charge in [0, 0.05) is 31.1 Å². The molecule has 1 heterocycles. The number of rotatable bonds is 5. The molecule has 1 fully saturated rings. The molecule has 2 N–H and O–H groups in total. The van der Waals surface area contributed by atoms with Crippen LogP contribution in [0.25, 0.3) is 0 Å². The summed E-state index contributed by atoms with van der Waals surface area (Å²) in [6.07, 6.45) is -1.74. The molecular formula is C16H22F3N3S. The molecule has 0 radical (unpaired) electrons. The summed E-state index contributed by atoms with van der Waals surface area (Å²) in [5.74, 6) is 2.79. The molecule has 0 atom stereocenters. The molecule has 0 aromatic heterocycles. The lowest BCUT2D eigenvalue weighted by Gasteiger charge is -2.27. The Morgan fingerprint density at radius 3 is 2.39 bits per heavy atom. The number of thioether (sulfide) groups is 1. The maximum Gasteiger partial charge on any atom is 0.416 e. The number of nitrogens with two attached hydrogens (primary N) is 1. The number of benzene rings is 1. The molecule has 0 bridgehead atoms. The van der Waals surface area contributed by atoms with Gasteiger partial charge in [-0.3, -0.25) is 4.99 Å². The second-order valence-electron chi connectivity index (χ2n) is 5.49. The highest BCUT2D eigenvalue weighted by molar-refractivity contribution is 7.99. The van der Waals surface area contributed by atoms with E-state index in [1.54, 1.807) is 12.1 Å². The van der Waals surface area contributed by atoms with Crippen LogP contribution < -0.4 is 5.73 Å². The number of hydrogen-bond donors (Lipinski definition) is 1. The van der Waals surface area contributed by atoms with Gasteiger partial charge in [-0.15, -0.1) is 0 Å². The van der Waals surface area contributed by atoms with Gasteiger partial charge < -0.3 is 10.6 Å². The van der Waals surface area contributed by atoms with Crippen LogP contribution in [-0.4, -0.2) is 42.0 Å². The van der Waals surface area contributed by atoms with Gasteiger partial charge in [-0.1, -0.05) is 12.1 Å². The number of guanidine groups is 1. The average molecular weight is 345 g/mol. The van der Waals surface area contributed by atoms with E-state index in [4.69, 9.17) is 5.73 Å². The van der Waals surface area contributed by atoms with Crippen LogP contribution in [-0.2, 0) is 12.6 Å². The molecule has 0 unspecified atom stereocenters. The Hall–Kier alpha value is -1.37. The summed E-state index contributed by atoms with van der Waals surface area (Å²) < 4.78 is 37.4. The quantitative estimate of drug-likeness (QED) is 0.505. The van der Waals surface area contributed by atoms with Crippen molar-refractivity contribution in [1.29, 1.82) is 0 Å². The van der Waals surface area contributed by atoms with Crippen molar-refractivity contribution in [3.8, 4) is 0 Å². The molecule has 0 aliphatic carbocycles. The van der Waals surface area contributed by atoms with Crippen molar-refractivity contribution in [2.45, 2.75) is 25.4 Å². The molecule has 128 valence electrons. The molecule has 0 saturated carbocycles. The highest BCUT2D eigenvalue weighted by Gasteiger charge is 2.29. The standard InChI is InChI=1S/C16H22F3N3S/c17-16(18,19)14-6-4-13(5-7-14)3-1-2-8-21-15(20)22-9-11-23-12-10-22/h4-7H,1-3,8-12H2,(H2,20,21). The maximum absolute atomic E-state index is 12.5. The second kappa shape index (κ2) is 8.47. The van der Waals surface area contributed by atoms with E-state index >= 15 is 0 Å². The smallest absolute Gasteiger partial charge is 0.370 e. The van der Waals surface area contributed by atoms with E-state index in [9.17, 15) is 13.2 Å². The molecule has 1 aliphatic rings. The summed E-state index contributed by atoms with van der Waals surface area (Å²) in [6.45, 7) is 2.56. The van der Waals surface area contributed by atoms with Crippen LogP contribution in [0.1, 0.15) is 24.0 Å². The lowest BCUT2D eigenvalue weighted by molar-refractivity contribution is -0.137. The van der Waals surface area contributed by atoms with Crippen LogP contribution in [0.4, 0.5) is 13.2 Å². The van der Waals surface area contributed by atoms with Gasteiger partial charge >= 0.3 is 6.18 Å². The number of unbranched alkanes of at least 4 members (excludes halogenated alkanes) is 1. The van der Waals surface area contributed by atoms with Gasteiger partial charge in [0.05, 0.1) is 5.56 Å². The van der Waals surface area contributed by atoms with Crippen LogP contribution in [0.5, 0.6) is 0 Å². The lowest BCUT2D eigenvalue weighted by Crippen LogP contribution is -2.42. The van der Waals surface area contributed by atoms with Gasteiger partial charge in [-0.25, -0.2) is 0 Å². The molecule has 1 aliphatic heterocycles. The fraction of sp³-hybridized carbons (Fsp3) is 0.562. The van der Waals surface area contributed by atoms with E-state index in [1.807, 2.05) is 11.8 Å². The Morgan fingerprint density at radius 2 is 1.78 bits per heavy atom. The van der Waals surface area contributed by atoms with Crippen molar-refractivity contribution in [1.82, 2.24) is 4.90 Å². The van der Waals surface area contributed by atoms with E-state index in [0.29, 0.717) is 12.5 Å². The van der Waals surface area contributed by atoms with Crippen molar-refractivity contribution < 1.29 is 13.2 Å². The van der Waals surface area contributed by atoms with Crippen LogP contribution in [0.3, 0.4) is 0 Å². The zero-order valence-electron chi connectivity index (χ0n) is 13.0. The summed E-state index contributed by atoms with van der Waals surface area (Å²) in [5, 5.41) is 0. The predicted octanol–water partition coefficient (Wildman–Crippen LogP) is 3.39. The minimum atomic E-state index is -4.27. The minimum absolute atomic E-state index is 0.599. The van der Waals surface area contributed by atoms with E-state index in [1.165, 1.54) is 0 Å². The number of aliphatic imine (C=N–C) groups is 1. The molecule has 3 nitrogen and oxygen atoms in total. The molecule has 1 saturated heterocycles. The zero-order chi connectivity index (χ0) is 16.7. The molecular weight excluding hydrogens is 323 g/mol. The fourth-order valence-electron chi connectivity index (χ4n) is 2.39. The van der Waals surface area contributed by atoms with Gasteiger partial charge in [0.15, 0.2) is 5.96 Å². The van der Waals surface area contributed by atoms with Crippen molar-refractivity contribution >= 4 is 17.7 Å². The second-order valence-corrected chi connectivity index (χ2v) is 6.72. The van der Waals surface area contributed by atoms with Crippen molar-refractivity contribution in [3.05, 3.63) is 35.4 Å². The first-order valence-corrected chi connectivity index (χ1v) is 8.91. The monoisotopic (exact) mass is 345 g/mol. The van der Waals surface area contributed by atoms with Crippen molar-refractivity contribution in [3.63, 3.8) is 0 Å². The van der Waals surface area contributed by atoms with Crippen molar-refractivity contribution in [2.75, 3.05) is 31.1 Å². The Balaban J connectivity index is 1.69. The van der Waals surface area contributed by atoms with Crippen molar-refractivity contribution in [2.24, 2.45) is 10.7 Å². The highest BCUT2D eigenvalue weighted by Crippen LogP contribution is 2.29. The SMILES string of the molecule is NC(=NCCCCc1ccc(C(F)(F)F)cc1)N1CCSCC1. The molecule has 2 rings (SSSR count). The molecule has 0 spiro atoms. The Bertz CT molecular complexity index is 508. The third kappa shape index (κ3) is 5.97. The van der Waals surface area contributed by atoms with E-state index in [0.717, 1.165) is 61.6 Å². The zero-order valence-corrected chi connectivity index (χ0v) is 13.8. The summed E-state index contributed by atoms with van der Waals surface area (Å²) in [7, 11) is 0. The third-order valence-corrected chi connectivity index (χ3v) is 4.71. The fourth-order valence-corrected chi connectivity index (χ4v) is 3.29. The molecule has 7 heteroatoms. The van der Waals surface area contributed by atoms with Gasteiger partial charge in [-0.05, 0) is 37.0 Å². The van der Waals surface area contributed by atoms with Gasteiger partial charge in [0.25, 0.3) is 0 Å². The normalized spacial score (nSPS) is 16.7. The Labute approximate surface area is 139 Å². The first-order valence-electron chi connectivity index (χ1n) is 7.75. The highest BCUT2D eigenvalue weighted by atomic mass is 32.2. The number of aryl methyl sites for hydroxylation is 1. The first-order chi connectivity index (χ1) is 11.0. The first kappa shape index (κ1) is 18.0. The topological polar surface area (TPSA) is 41.6 Å². The number of hydrogen-bond acceptors (Lipinski definition) is 2. The molecule has 0 amide bonds. The Morgan fingerprint density at radius 1 is 1.13 bits per heavy atom. The largest absolute Gasteiger partial charge is 0.416 e. The number of alkyl halides is 3. The van der Waals surface area contributed by atoms with Gasteiger partial charge in [0.1, 0.15) is 0 Å². The van der Waals surface area contributed by atoms with E-state index in [2.05, 4.69) is 9.89 Å². The van der Waals surface area contributed by atoms with Gasteiger partial charge in [-0.2, -0.15) is 24.9 Å². The van der Waals surface area contributed by atoms with Crippen LogP contribution in [0, 0.1) is 0 Å². The maximum atomic E-state index is 12.5. The summed E-state index contributed by atoms with van der Waals surface area (Å²) in [4.78, 5) is 6.49. The van der Waals surface area contributed by atoms with Gasteiger partial charge in [0.2, 0.25) is 0 Å². The number of nitrogens with zero attached hydrogens (tertiary/aromatic N) is 2. The molecule has 23 heavy (non-hydrogen) atoms. The summed E-state index contributed by atoms with van der Waals surface area (Å²) in [5.41, 5.74) is 6.28. The molecule has 1 aromatic carbocycles. The minimum Gasteiger partial charge on any atom is -0.370 e. The lowest BCUT2D eigenvalue weighted by atomic mass is 10.1. The third-order valence-electron chi connectivity index (χ3n) is 3.76. The summed E-state index contributed by atoms with van der Waals surface area (Å²) in [6, 6.07) is 5.37. The Kier molecular flexibility index (Phi) is 6.62. The van der Waals surface area contributed by atoms with Crippen LogP contribution in [0.15, 0.2) is 29.3 Å².